The first kappa shape index (κ1) is 10.0. The van der Waals surface area contributed by atoms with Crippen molar-refractivity contribution in [3.8, 4) is 0 Å². The Bertz CT molecular complexity index is 376. The molecule has 0 aliphatic carbocycles. The molecule has 0 spiro atoms. The molecule has 0 saturated heterocycles. The van der Waals surface area contributed by atoms with Crippen molar-refractivity contribution in [1.82, 2.24) is 16.1 Å². The zero-order valence-corrected chi connectivity index (χ0v) is 5.81. The monoisotopic (exact) mass is 169 g/mol. The molecule has 1 rings (SSSR count). The fourth-order valence-electron chi connectivity index (χ4n) is 0.539. The maximum absolute atomic E-state index is 10.7. The van der Waals surface area contributed by atoms with E-state index in [-0.39, 0.29) is 11.8 Å². The third-order valence-corrected chi connectivity index (χ3v) is 0.965. The summed E-state index contributed by atoms with van der Waals surface area (Å²) in [6, 6.07) is 0. The molecule has 0 bridgehead atoms. The summed E-state index contributed by atoms with van der Waals surface area (Å²) in [7, 11) is 0. The van der Waals surface area contributed by atoms with Gasteiger partial charge in [-0.15, -0.1) is 5.11 Å². The standard InChI is InChI=1S/C4H5N5O2.N/c5-9-8-2-1-6-4(11)7-3(2)10;/h1H,(H2,5,8)(H2,6,7,10,11);. The number of hydrogen-bond donors (Lipinski definition) is 3. The Labute approximate surface area is 66.1 Å². The van der Waals surface area contributed by atoms with Crippen molar-refractivity contribution in [2.24, 2.45) is 16.2 Å². The molecule has 1 aromatic heterocycles. The number of H-pyrrole nitrogens is 2. The molecular formula is C4H5N6O2. The number of aromatic nitrogens is 2. The van der Waals surface area contributed by atoms with Crippen LogP contribution in [0.25, 0.3) is 0 Å². The van der Waals surface area contributed by atoms with Crippen molar-refractivity contribution >= 4 is 5.69 Å². The number of hydrogen-bond acceptors (Lipinski definition) is 4. The zero-order chi connectivity index (χ0) is 8.27. The number of aromatic amines is 2. The fraction of sp³-hybridized carbons (Fsp3) is 0. The number of nitrogens with two attached hydrogens (primary N) is 1. The van der Waals surface area contributed by atoms with E-state index in [0.29, 0.717) is 0 Å². The minimum Gasteiger partial charge on any atom is -0.312 e. The van der Waals surface area contributed by atoms with Gasteiger partial charge in [0.2, 0.25) is 0 Å². The van der Waals surface area contributed by atoms with E-state index in [1.54, 1.807) is 0 Å². The zero-order valence-electron chi connectivity index (χ0n) is 5.81. The van der Waals surface area contributed by atoms with E-state index in [2.05, 4.69) is 21.2 Å². The number of rotatable bonds is 1. The Hall–Kier alpha value is -1.96. The summed E-state index contributed by atoms with van der Waals surface area (Å²) in [5.41, 5.74) is -1.25. The third kappa shape index (κ3) is 2.02. The molecule has 0 aliphatic heterocycles. The number of nitrogens with zero attached hydrogens (tertiary/aromatic N) is 3. The van der Waals surface area contributed by atoms with Crippen LogP contribution < -0.4 is 23.2 Å². The highest BCUT2D eigenvalue weighted by Gasteiger charge is 1.95. The lowest BCUT2D eigenvalue weighted by molar-refractivity contribution is 0.987. The first-order valence-electron chi connectivity index (χ1n) is 2.67. The summed E-state index contributed by atoms with van der Waals surface area (Å²) in [4.78, 5) is 25.3. The van der Waals surface area contributed by atoms with Gasteiger partial charge in [-0.05, 0) is 0 Å². The van der Waals surface area contributed by atoms with Crippen LogP contribution in [0.4, 0.5) is 5.69 Å². The summed E-state index contributed by atoms with van der Waals surface area (Å²) in [6.07, 6.45) is 1.12. The Morgan fingerprint density at radius 3 is 2.58 bits per heavy atom. The lowest BCUT2D eigenvalue weighted by atomic mass is 10.5. The second-order valence-electron chi connectivity index (χ2n) is 1.67. The summed E-state index contributed by atoms with van der Waals surface area (Å²) >= 11 is 0. The van der Waals surface area contributed by atoms with E-state index >= 15 is 0 Å². The molecule has 1 heterocycles. The average Bonchev–Trinajstić information content (AvgIpc) is 1.95. The molecule has 1 aromatic rings. The summed E-state index contributed by atoms with van der Waals surface area (Å²) in [5.74, 6) is 4.68. The SMILES string of the molecule is NN=Nc1c[nH]c(=O)[nH]c1=O.[N]. The van der Waals surface area contributed by atoms with Crippen molar-refractivity contribution in [2.75, 3.05) is 0 Å². The van der Waals surface area contributed by atoms with Crippen LogP contribution in [-0.4, -0.2) is 9.97 Å². The van der Waals surface area contributed by atoms with E-state index in [0.717, 1.165) is 6.20 Å². The van der Waals surface area contributed by atoms with Crippen LogP contribution >= 0.6 is 0 Å². The lowest BCUT2D eigenvalue weighted by Crippen LogP contribution is -2.20. The highest BCUT2D eigenvalue weighted by atomic mass is 16.2. The summed E-state index contributed by atoms with van der Waals surface area (Å²) in [6.45, 7) is 0. The van der Waals surface area contributed by atoms with Gasteiger partial charge in [-0.3, -0.25) is 9.78 Å². The van der Waals surface area contributed by atoms with Gasteiger partial charge >= 0.3 is 5.69 Å². The minimum absolute atomic E-state index is 0. The normalized spacial score (nSPS) is 9.67. The van der Waals surface area contributed by atoms with E-state index in [1.807, 2.05) is 4.98 Å². The molecule has 8 heteroatoms. The lowest BCUT2D eigenvalue weighted by Gasteiger charge is -1.85. The van der Waals surface area contributed by atoms with Crippen molar-refractivity contribution in [2.45, 2.75) is 0 Å². The van der Waals surface area contributed by atoms with Crippen LogP contribution in [0.5, 0.6) is 0 Å². The predicted molar refractivity (Wildman–Crippen MR) is 38.5 cm³/mol. The van der Waals surface area contributed by atoms with Crippen LogP contribution in [0.2, 0.25) is 0 Å². The van der Waals surface area contributed by atoms with E-state index in [1.165, 1.54) is 0 Å². The second kappa shape index (κ2) is 4.03. The molecule has 12 heavy (non-hydrogen) atoms. The maximum atomic E-state index is 10.7. The van der Waals surface area contributed by atoms with Crippen LogP contribution in [0, 0.1) is 0 Å². The first-order chi connectivity index (χ1) is 5.24. The molecule has 0 saturated carbocycles. The van der Waals surface area contributed by atoms with Gasteiger partial charge < -0.3 is 10.8 Å². The topological polar surface area (TPSA) is 147 Å². The van der Waals surface area contributed by atoms with E-state index < -0.39 is 11.2 Å². The van der Waals surface area contributed by atoms with Gasteiger partial charge in [-0.2, -0.15) is 0 Å². The second-order valence-corrected chi connectivity index (χ2v) is 1.67. The Balaban J connectivity index is 0.00000121. The molecule has 0 aromatic carbocycles. The van der Waals surface area contributed by atoms with Gasteiger partial charge in [0, 0.05) is 12.3 Å². The van der Waals surface area contributed by atoms with Crippen LogP contribution in [-0.2, 0) is 0 Å². The van der Waals surface area contributed by atoms with Gasteiger partial charge in [0.1, 0.15) is 0 Å². The molecule has 0 aliphatic rings. The molecule has 3 radical (unpaired) electrons. The van der Waals surface area contributed by atoms with Gasteiger partial charge in [0.05, 0.1) is 0 Å². The first-order valence-corrected chi connectivity index (χ1v) is 2.67. The molecule has 8 nitrogen and oxygen atoms in total. The largest absolute Gasteiger partial charge is 0.325 e. The van der Waals surface area contributed by atoms with Crippen molar-refractivity contribution in [3.05, 3.63) is 27.0 Å². The highest BCUT2D eigenvalue weighted by Crippen LogP contribution is 1.96. The molecule has 63 valence electrons. The predicted octanol–water partition coefficient (Wildman–Crippen LogP) is -1.46. The Kier molecular flexibility index (Phi) is 3.37. The molecule has 0 fully saturated rings. The van der Waals surface area contributed by atoms with Crippen LogP contribution in [0.15, 0.2) is 26.1 Å². The summed E-state index contributed by atoms with van der Waals surface area (Å²) in [5, 5.41) is 6.12. The molecule has 0 unspecified atom stereocenters. The fourth-order valence-corrected chi connectivity index (χ4v) is 0.539. The average molecular weight is 169 g/mol. The van der Waals surface area contributed by atoms with Crippen molar-refractivity contribution in [1.29, 1.82) is 0 Å². The van der Waals surface area contributed by atoms with Gasteiger partial charge in [0.25, 0.3) is 5.56 Å². The highest BCUT2D eigenvalue weighted by molar-refractivity contribution is 5.27. The maximum Gasteiger partial charge on any atom is 0.325 e. The number of nitrogens with one attached hydrogen (secondary N) is 2. The molecule has 4 N–H and O–H groups in total. The van der Waals surface area contributed by atoms with Gasteiger partial charge in [-0.1, -0.05) is 5.22 Å². The van der Waals surface area contributed by atoms with Crippen LogP contribution in [0.1, 0.15) is 0 Å². The quantitative estimate of drug-likeness (QED) is 0.268. The van der Waals surface area contributed by atoms with Crippen LogP contribution in [0.3, 0.4) is 0 Å². The minimum atomic E-state index is -0.622. The molecular weight excluding hydrogens is 164 g/mol. The van der Waals surface area contributed by atoms with Gasteiger partial charge in [-0.25, -0.2) is 4.79 Å². The van der Waals surface area contributed by atoms with Crippen molar-refractivity contribution in [3.63, 3.8) is 0 Å². The van der Waals surface area contributed by atoms with Gasteiger partial charge in [0.15, 0.2) is 5.69 Å². The van der Waals surface area contributed by atoms with E-state index in [9.17, 15) is 9.59 Å². The van der Waals surface area contributed by atoms with E-state index in [4.69, 9.17) is 0 Å². The Morgan fingerprint density at radius 2 is 2.08 bits per heavy atom. The summed E-state index contributed by atoms with van der Waals surface area (Å²) < 4.78 is 0. The molecule has 0 atom stereocenters. The Morgan fingerprint density at radius 1 is 1.42 bits per heavy atom. The molecule has 0 amide bonds. The third-order valence-electron chi connectivity index (χ3n) is 0.965. The smallest absolute Gasteiger partial charge is 0.312 e. The van der Waals surface area contributed by atoms with Crippen molar-refractivity contribution < 1.29 is 0 Å².